The molecule has 5 heteroatoms. The van der Waals surface area contributed by atoms with Gasteiger partial charge in [0.15, 0.2) is 0 Å². The summed E-state index contributed by atoms with van der Waals surface area (Å²) < 4.78 is 15.0. The van der Waals surface area contributed by atoms with Gasteiger partial charge in [0.25, 0.3) is 0 Å². The van der Waals surface area contributed by atoms with Crippen molar-refractivity contribution in [3.63, 3.8) is 0 Å². The van der Waals surface area contributed by atoms with E-state index in [9.17, 15) is 4.57 Å². The molecule has 0 fully saturated rings. The van der Waals surface area contributed by atoms with Gasteiger partial charge in [0.05, 0.1) is 6.61 Å². The highest BCUT2D eigenvalue weighted by Crippen LogP contribution is 2.40. The van der Waals surface area contributed by atoms with Crippen LogP contribution in [0.2, 0.25) is 0 Å². The Hall–Kier alpha value is -1.19. The standard InChI is InChI=1S/C20H31O4P/c1-16(8-6-9-17(2)13-15-24-25(21,22)23)11-12-19-18(3)10-7-14-20(19,4)5/h6,8-9,11-13H,7,10,14-15H2,1-5H3,(H2,21,22,23)/b9-6+,12-11+,16-8+,17-13+. The Bertz CT molecular complexity index is 657. The minimum atomic E-state index is -4.40. The van der Waals surface area contributed by atoms with E-state index in [1.54, 1.807) is 6.08 Å². The lowest BCUT2D eigenvalue weighted by molar-refractivity contribution is 0.215. The number of hydrogen-bond acceptors (Lipinski definition) is 2. The van der Waals surface area contributed by atoms with Gasteiger partial charge in [-0.2, -0.15) is 0 Å². The zero-order valence-electron chi connectivity index (χ0n) is 16.0. The SMILES string of the molecule is CC1=C(/C=C/C(C)=C/C=C/C(C)=C/COP(=O)(O)O)C(C)(C)CCC1. The quantitative estimate of drug-likeness (QED) is 0.453. The molecule has 0 saturated carbocycles. The van der Waals surface area contributed by atoms with E-state index < -0.39 is 7.82 Å². The maximum atomic E-state index is 10.6. The fourth-order valence-corrected chi connectivity index (χ4v) is 3.23. The van der Waals surface area contributed by atoms with Crippen molar-refractivity contribution in [3.8, 4) is 0 Å². The van der Waals surface area contributed by atoms with Gasteiger partial charge in [-0.3, -0.25) is 4.52 Å². The minimum absolute atomic E-state index is 0.106. The van der Waals surface area contributed by atoms with Gasteiger partial charge in [0.2, 0.25) is 0 Å². The van der Waals surface area contributed by atoms with Crippen molar-refractivity contribution in [1.82, 2.24) is 0 Å². The first-order valence-corrected chi connectivity index (χ1v) is 10.1. The van der Waals surface area contributed by atoms with Crippen LogP contribution >= 0.6 is 7.82 Å². The molecule has 0 radical (unpaired) electrons. The lowest BCUT2D eigenvalue weighted by Gasteiger charge is -2.32. The molecule has 2 N–H and O–H groups in total. The lowest BCUT2D eigenvalue weighted by atomic mass is 9.72. The summed E-state index contributed by atoms with van der Waals surface area (Å²) in [6.07, 6.45) is 15.5. The van der Waals surface area contributed by atoms with Crippen molar-refractivity contribution in [2.24, 2.45) is 5.41 Å². The maximum absolute atomic E-state index is 10.6. The summed E-state index contributed by atoms with van der Waals surface area (Å²) in [5, 5.41) is 0. The van der Waals surface area contributed by atoms with Gasteiger partial charge >= 0.3 is 7.82 Å². The molecule has 0 unspecified atom stereocenters. The normalized spacial score (nSPS) is 20.1. The highest BCUT2D eigenvalue weighted by Gasteiger charge is 2.26. The second-order valence-corrected chi connectivity index (χ2v) is 8.51. The van der Waals surface area contributed by atoms with Crippen LogP contribution < -0.4 is 0 Å². The Kier molecular flexibility index (Phi) is 8.30. The van der Waals surface area contributed by atoms with Crippen molar-refractivity contribution in [3.05, 3.63) is 58.7 Å². The molecule has 1 aliphatic rings. The summed E-state index contributed by atoms with van der Waals surface area (Å²) in [6.45, 7) is 10.7. The summed E-state index contributed by atoms with van der Waals surface area (Å²) in [4.78, 5) is 17.2. The first-order valence-electron chi connectivity index (χ1n) is 8.61. The molecular weight excluding hydrogens is 335 g/mol. The minimum Gasteiger partial charge on any atom is -0.303 e. The van der Waals surface area contributed by atoms with E-state index >= 15 is 0 Å². The topological polar surface area (TPSA) is 66.8 Å². The zero-order valence-corrected chi connectivity index (χ0v) is 16.8. The van der Waals surface area contributed by atoms with Gasteiger partial charge in [0, 0.05) is 0 Å². The molecule has 0 atom stereocenters. The number of hydrogen-bond donors (Lipinski definition) is 2. The highest BCUT2D eigenvalue weighted by atomic mass is 31.2. The van der Waals surface area contributed by atoms with Gasteiger partial charge < -0.3 is 9.79 Å². The van der Waals surface area contributed by atoms with Crippen molar-refractivity contribution < 1.29 is 18.9 Å². The lowest BCUT2D eigenvalue weighted by Crippen LogP contribution is -2.19. The highest BCUT2D eigenvalue weighted by molar-refractivity contribution is 7.46. The average Bonchev–Trinajstić information content (AvgIpc) is 2.44. The zero-order chi connectivity index (χ0) is 19.1. The molecule has 0 heterocycles. The predicted molar refractivity (Wildman–Crippen MR) is 104 cm³/mol. The smallest absolute Gasteiger partial charge is 0.303 e. The summed E-state index contributed by atoms with van der Waals surface area (Å²) in [5.74, 6) is 0. The molecule has 0 aromatic rings. The van der Waals surface area contributed by atoms with Crippen LogP contribution in [0.25, 0.3) is 0 Å². The number of phosphoric acid groups is 1. The molecule has 0 saturated heterocycles. The van der Waals surface area contributed by atoms with E-state index in [-0.39, 0.29) is 12.0 Å². The van der Waals surface area contributed by atoms with E-state index in [1.807, 2.05) is 25.2 Å². The Morgan fingerprint density at radius 3 is 2.52 bits per heavy atom. The molecule has 0 aliphatic heterocycles. The molecule has 0 amide bonds. The summed E-state index contributed by atoms with van der Waals surface area (Å²) >= 11 is 0. The van der Waals surface area contributed by atoms with Gasteiger partial charge in [-0.05, 0) is 51.0 Å². The Morgan fingerprint density at radius 2 is 1.92 bits per heavy atom. The Labute approximate surface area is 151 Å². The number of rotatable bonds is 7. The molecule has 0 spiro atoms. The fraction of sp³-hybridized carbons (Fsp3) is 0.500. The molecule has 0 aromatic carbocycles. The van der Waals surface area contributed by atoms with Crippen molar-refractivity contribution >= 4 is 7.82 Å². The van der Waals surface area contributed by atoms with Gasteiger partial charge in [0.1, 0.15) is 0 Å². The Morgan fingerprint density at radius 1 is 1.24 bits per heavy atom. The largest absolute Gasteiger partial charge is 0.469 e. The third kappa shape index (κ3) is 8.64. The van der Waals surface area contributed by atoms with Gasteiger partial charge in [-0.25, -0.2) is 4.57 Å². The van der Waals surface area contributed by atoms with E-state index in [0.717, 1.165) is 11.1 Å². The van der Waals surface area contributed by atoms with Crippen LogP contribution in [-0.4, -0.2) is 16.4 Å². The van der Waals surface area contributed by atoms with Crippen molar-refractivity contribution in [2.45, 2.75) is 53.9 Å². The number of allylic oxidation sites excluding steroid dienone is 9. The van der Waals surface area contributed by atoms with E-state index in [1.165, 1.54) is 30.4 Å². The molecule has 1 rings (SSSR count). The average molecular weight is 366 g/mol. The van der Waals surface area contributed by atoms with Crippen LogP contribution in [0.15, 0.2) is 58.7 Å². The van der Waals surface area contributed by atoms with Crippen molar-refractivity contribution in [1.29, 1.82) is 0 Å². The van der Waals surface area contributed by atoms with Crippen molar-refractivity contribution in [2.75, 3.05) is 6.61 Å². The van der Waals surface area contributed by atoms with Crippen LogP contribution in [-0.2, 0) is 9.09 Å². The Balaban J connectivity index is 2.66. The van der Waals surface area contributed by atoms with E-state index in [2.05, 4.69) is 44.4 Å². The maximum Gasteiger partial charge on any atom is 0.469 e. The van der Waals surface area contributed by atoms with Gasteiger partial charge in [-0.15, -0.1) is 0 Å². The van der Waals surface area contributed by atoms with Crippen LogP contribution in [0.3, 0.4) is 0 Å². The second kappa shape index (κ2) is 9.49. The molecule has 0 bridgehead atoms. The summed E-state index contributed by atoms with van der Waals surface area (Å²) in [7, 11) is -4.40. The summed E-state index contributed by atoms with van der Waals surface area (Å²) in [5.41, 5.74) is 5.21. The molecule has 1 aliphatic carbocycles. The van der Waals surface area contributed by atoms with Crippen LogP contribution in [0.5, 0.6) is 0 Å². The van der Waals surface area contributed by atoms with Crippen LogP contribution in [0.4, 0.5) is 0 Å². The van der Waals surface area contributed by atoms with E-state index in [0.29, 0.717) is 0 Å². The molecular formula is C20H31O4P. The third-order valence-electron chi connectivity index (χ3n) is 4.42. The molecule has 4 nitrogen and oxygen atoms in total. The first-order chi connectivity index (χ1) is 11.5. The molecule has 0 aromatic heterocycles. The first kappa shape index (κ1) is 21.9. The molecule has 25 heavy (non-hydrogen) atoms. The number of phosphoric ester groups is 1. The monoisotopic (exact) mass is 366 g/mol. The third-order valence-corrected chi connectivity index (χ3v) is 4.91. The second-order valence-electron chi connectivity index (χ2n) is 7.27. The summed E-state index contributed by atoms with van der Waals surface area (Å²) in [6, 6.07) is 0. The fourth-order valence-electron chi connectivity index (χ4n) is 2.97. The van der Waals surface area contributed by atoms with E-state index in [4.69, 9.17) is 9.79 Å². The van der Waals surface area contributed by atoms with Crippen LogP contribution in [0, 0.1) is 5.41 Å². The molecule has 140 valence electrons. The predicted octanol–water partition coefficient (Wildman–Crippen LogP) is 5.63. The van der Waals surface area contributed by atoms with Crippen LogP contribution in [0.1, 0.15) is 53.9 Å². The van der Waals surface area contributed by atoms with Gasteiger partial charge in [-0.1, -0.05) is 67.0 Å².